The minimum Gasteiger partial charge on any atom is -0.335 e. The summed E-state index contributed by atoms with van der Waals surface area (Å²) < 4.78 is 1.53. The van der Waals surface area contributed by atoms with Gasteiger partial charge in [0.05, 0.1) is 22.3 Å². The molecule has 0 unspecified atom stereocenters. The number of nitrogens with zero attached hydrogens (tertiary/aromatic N) is 2. The third-order valence-electron chi connectivity index (χ3n) is 4.60. The van der Waals surface area contributed by atoms with Gasteiger partial charge in [0.2, 0.25) is 5.91 Å². The van der Waals surface area contributed by atoms with E-state index in [-0.39, 0.29) is 17.4 Å². The summed E-state index contributed by atoms with van der Waals surface area (Å²) in [5, 5.41) is 5.94. The number of rotatable bonds is 5. The molecular weight excluding hydrogens is 388 g/mol. The highest BCUT2D eigenvalue weighted by Gasteiger charge is 2.24. The maximum Gasteiger partial charge on any atom is 0.321 e. The molecule has 148 valence electrons. The molecule has 1 heterocycles. The molecule has 8 heteroatoms. The number of carbonyl (C=O) groups excluding carboxylic acids is 2. The van der Waals surface area contributed by atoms with Crippen molar-refractivity contribution in [1.29, 1.82) is 0 Å². The van der Waals surface area contributed by atoms with Crippen molar-refractivity contribution in [2.75, 3.05) is 5.75 Å². The van der Waals surface area contributed by atoms with E-state index in [2.05, 4.69) is 15.6 Å². The van der Waals surface area contributed by atoms with Gasteiger partial charge in [-0.2, -0.15) is 0 Å². The van der Waals surface area contributed by atoms with Crippen LogP contribution in [0.4, 0.5) is 4.79 Å². The number of hydrogen-bond acceptors (Lipinski definition) is 5. The minimum atomic E-state index is -0.485. The lowest BCUT2D eigenvalue weighted by Crippen LogP contribution is -2.41. The molecule has 1 saturated carbocycles. The number of aromatic nitrogens is 2. The topological polar surface area (TPSA) is 93.1 Å². The van der Waals surface area contributed by atoms with Crippen molar-refractivity contribution in [3.05, 3.63) is 64.4 Å². The maximum absolute atomic E-state index is 13.2. The number of amides is 3. The first-order valence-corrected chi connectivity index (χ1v) is 10.3. The molecule has 29 heavy (non-hydrogen) atoms. The van der Waals surface area contributed by atoms with Gasteiger partial charge in [-0.25, -0.2) is 9.78 Å². The second-order valence-corrected chi connectivity index (χ2v) is 7.87. The molecule has 3 aromatic rings. The number of imide groups is 1. The number of hydrogen-bond donors (Lipinski definition) is 2. The molecule has 2 N–H and O–H groups in total. The van der Waals surface area contributed by atoms with Crippen LogP contribution in [0.2, 0.25) is 0 Å². The standard InChI is InChI=1S/C21H20N4O3S/c1-13-6-2-5-9-17(13)25-19(27)15-7-3-4-8-16(15)23-21(25)29-12-18(26)24-20(28)22-14-10-11-14/h2-9,14H,10-12H2,1H3,(H2,22,24,26,28). The van der Waals surface area contributed by atoms with Crippen molar-refractivity contribution in [2.45, 2.75) is 31.0 Å². The van der Waals surface area contributed by atoms with E-state index >= 15 is 0 Å². The summed E-state index contributed by atoms with van der Waals surface area (Å²) in [7, 11) is 0. The van der Waals surface area contributed by atoms with Crippen LogP contribution >= 0.6 is 11.8 Å². The SMILES string of the molecule is Cc1ccccc1-n1c(SCC(=O)NC(=O)NC2CC2)nc2ccccc2c1=O. The van der Waals surface area contributed by atoms with Gasteiger partial charge in [-0.05, 0) is 43.5 Å². The molecule has 0 saturated heterocycles. The molecule has 1 aliphatic rings. The first-order chi connectivity index (χ1) is 14.0. The van der Waals surface area contributed by atoms with Crippen molar-refractivity contribution in [2.24, 2.45) is 0 Å². The van der Waals surface area contributed by atoms with Crippen LogP contribution in [-0.4, -0.2) is 33.3 Å². The summed E-state index contributed by atoms with van der Waals surface area (Å²) in [6.07, 6.45) is 1.89. The lowest BCUT2D eigenvalue weighted by atomic mass is 10.2. The smallest absolute Gasteiger partial charge is 0.321 e. The second-order valence-electron chi connectivity index (χ2n) is 6.92. The normalized spacial score (nSPS) is 13.3. The van der Waals surface area contributed by atoms with Crippen LogP contribution in [0, 0.1) is 6.92 Å². The number of fused-ring (bicyclic) bond motifs is 1. The fourth-order valence-corrected chi connectivity index (χ4v) is 3.78. The molecule has 1 aliphatic carbocycles. The van der Waals surface area contributed by atoms with Crippen molar-refractivity contribution in [1.82, 2.24) is 20.2 Å². The Bertz CT molecular complexity index is 1150. The Labute approximate surface area is 171 Å². The van der Waals surface area contributed by atoms with Crippen molar-refractivity contribution in [3.8, 4) is 5.69 Å². The van der Waals surface area contributed by atoms with Crippen LogP contribution in [-0.2, 0) is 4.79 Å². The van der Waals surface area contributed by atoms with E-state index in [1.165, 1.54) is 4.57 Å². The van der Waals surface area contributed by atoms with Crippen molar-refractivity contribution in [3.63, 3.8) is 0 Å². The number of thioether (sulfide) groups is 1. The zero-order valence-corrected chi connectivity index (χ0v) is 16.7. The summed E-state index contributed by atoms with van der Waals surface area (Å²) >= 11 is 1.12. The van der Waals surface area contributed by atoms with Gasteiger partial charge in [-0.1, -0.05) is 42.1 Å². The highest BCUT2D eigenvalue weighted by atomic mass is 32.2. The highest BCUT2D eigenvalue weighted by molar-refractivity contribution is 7.99. The van der Waals surface area contributed by atoms with E-state index in [1.54, 1.807) is 18.2 Å². The van der Waals surface area contributed by atoms with Gasteiger partial charge in [-0.15, -0.1) is 0 Å². The fraction of sp³-hybridized carbons (Fsp3) is 0.238. The van der Waals surface area contributed by atoms with Gasteiger partial charge in [0.25, 0.3) is 5.56 Å². The number of urea groups is 1. The van der Waals surface area contributed by atoms with E-state index in [0.29, 0.717) is 21.7 Å². The first kappa shape index (κ1) is 19.2. The molecule has 4 rings (SSSR count). The van der Waals surface area contributed by atoms with Crippen LogP contribution < -0.4 is 16.2 Å². The molecule has 3 amide bonds. The Hall–Kier alpha value is -3.13. The van der Waals surface area contributed by atoms with Gasteiger partial charge >= 0.3 is 6.03 Å². The highest BCUT2D eigenvalue weighted by Crippen LogP contribution is 2.23. The quantitative estimate of drug-likeness (QED) is 0.500. The molecule has 1 fully saturated rings. The zero-order valence-electron chi connectivity index (χ0n) is 15.8. The molecule has 0 radical (unpaired) electrons. The van der Waals surface area contributed by atoms with Crippen molar-refractivity contribution >= 4 is 34.6 Å². The van der Waals surface area contributed by atoms with Gasteiger partial charge in [0, 0.05) is 6.04 Å². The maximum atomic E-state index is 13.2. The molecule has 0 spiro atoms. The first-order valence-electron chi connectivity index (χ1n) is 9.34. The Morgan fingerprint density at radius 2 is 1.86 bits per heavy atom. The minimum absolute atomic E-state index is 0.0330. The molecule has 7 nitrogen and oxygen atoms in total. The summed E-state index contributed by atoms with van der Waals surface area (Å²) in [4.78, 5) is 41.7. The lowest BCUT2D eigenvalue weighted by Gasteiger charge is -2.15. The van der Waals surface area contributed by atoms with Gasteiger partial charge < -0.3 is 5.32 Å². The zero-order chi connectivity index (χ0) is 20.4. The monoisotopic (exact) mass is 408 g/mol. The summed E-state index contributed by atoms with van der Waals surface area (Å²) in [6.45, 7) is 1.92. The van der Waals surface area contributed by atoms with E-state index in [0.717, 1.165) is 30.2 Å². The fourth-order valence-electron chi connectivity index (χ4n) is 2.98. The number of nitrogens with one attached hydrogen (secondary N) is 2. The van der Waals surface area contributed by atoms with Crippen molar-refractivity contribution < 1.29 is 9.59 Å². The van der Waals surface area contributed by atoms with Crippen LogP contribution in [0.1, 0.15) is 18.4 Å². The molecule has 1 aromatic heterocycles. The Kier molecular flexibility index (Phi) is 5.35. The molecule has 0 aliphatic heterocycles. The molecular formula is C21H20N4O3S. The van der Waals surface area contributed by atoms with E-state index < -0.39 is 11.9 Å². The summed E-state index contributed by atoms with van der Waals surface area (Å²) in [5.41, 5.74) is 2.00. The Balaban J connectivity index is 1.64. The molecule has 2 aromatic carbocycles. The van der Waals surface area contributed by atoms with Gasteiger partial charge in [0.1, 0.15) is 0 Å². The Morgan fingerprint density at radius 3 is 2.62 bits per heavy atom. The Morgan fingerprint density at radius 1 is 1.14 bits per heavy atom. The van der Waals surface area contributed by atoms with Crippen LogP contribution in [0.3, 0.4) is 0 Å². The number of aryl methyl sites for hydroxylation is 1. The summed E-state index contributed by atoms with van der Waals surface area (Å²) in [6, 6.07) is 14.3. The number of para-hydroxylation sites is 2. The third kappa shape index (κ3) is 4.32. The van der Waals surface area contributed by atoms with Crippen LogP contribution in [0.15, 0.2) is 58.5 Å². The van der Waals surface area contributed by atoms with Crippen LogP contribution in [0.5, 0.6) is 0 Å². The van der Waals surface area contributed by atoms with Crippen LogP contribution in [0.25, 0.3) is 16.6 Å². The predicted octanol–water partition coefficient (Wildman–Crippen LogP) is 2.77. The third-order valence-corrected chi connectivity index (χ3v) is 5.54. The molecule has 0 atom stereocenters. The molecule has 0 bridgehead atoms. The summed E-state index contributed by atoms with van der Waals surface area (Å²) in [5.74, 6) is -0.471. The van der Waals surface area contributed by atoms with E-state index in [1.807, 2.05) is 37.3 Å². The van der Waals surface area contributed by atoms with Gasteiger partial charge in [-0.3, -0.25) is 19.5 Å². The number of carbonyl (C=O) groups is 2. The largest absolute Gasteiger partial charge is 0.335 e. The van der Waals surface area contributed by atoms with Gasteiger partial charge in [0.15, 0.2) is 5.16 Å². The average Bonchev–Trinajstić information content (AvgIpc) is 3.51. The predicted molar refractivity (Wildman–Crippen MR) is 112 cm³/mol. The average molecular weight is 408 g/mol. The second kappa shape index (κ2) is 8.08. The number of benzene rings is 2. The lowest BCUT2D eigenvalue weighted by molar-refractivity contribution is -0.117. The van der Waals surface area contributed by atoms with E-state index in [4.69, 9.17) is 0 Å². The van der Waals surface area contributed by atoms with E-state index in [9.17, 15) is 14.4 Å².